The first-order valence-corrected chi connectivity index (χ1v) is 13.6. The highest BCUT2D eigenvalue weighted by molar-refractivity contribution is 7.98. The van der Waals surface area contributed by atoms with Crippen molar-refractivity contribution in [2.75, 3.05) is 23.1 Å². The number of aryl methyl sites for hydroxylation is 2. The largest absolute Gasteiger partial charge is 0.354 e. The Labute approximate surface area is 205 Å². The molecule has 0 aromatic heterocycles. The number of hydrogen-bond donors (Lipinski definition) is 1. The van der Waals surface area contributed by atoms with Crippen molar-refractivity contribution >= 4 is 33.4 Å². The minimum atomic E-state index is -3.91. The number of amides is 1. The van der Waals surface area contributed by atoms with Crippen molar-refractivity contribution in [3.05, 3.63) is 95.3 Å². The van der Waals surface area contributed by atoms with Gasteiger partial charge in [0.05, 0.1) is 10.6 Å². The molecule has 0 fully saturated rings. The molecule has 3 aromatic carbocycles. The lowest BCUT2D eigenvalue weighted by Crippen LogP contribution is -2.41. The first kappa shape index (κ1) is 25.8. The summed E-state index contributed by atoms with van der Waals surface area (Å²) in [5.74, 6) is 0.980. The molecular weight excluding hydrogens is 471 g/mol. The third-order valence-electron chi connectivity index (χ3n) is 5.08. The van der Waals surface area contributed by atoms with Gasteiger partial charge in [-0.15, -0.1) is 0 Å². The van der Waals surface area contributed by atoms with E-state index in [2.05, 4.69) is 5.32 Å². The van der Waals surface area contributed by atoms with Crippen LogP contribution in [0.1, 0.15) is 23.1 Å². The van der Waals surface area contributed by atoms with Crippen LogP contribution < -0.4 is 9.62 Å². The quantitative estimate of drug-likeness (QED) is 0.373. The predicted octanol–water partition coefficient (Wildman–Crippen LogP) is 5.08. The topological polar surface area (TPSA) is 66.5 Å². The third kappa shape index (κ3) is 7.33. The summed E-state index contributed by atoms with van der Waals surface area (Å²) in [6.07, 6.45) is 0.743. The zero-order valence-corrected chi connectivity index (χ0v) is 21.0. The van der Waals surface area contributed by atoms with Gasteiger partial charge in [-0.25, -0.2) is 12.8 Å². The Kier molecular flexibility index (Phi) is 9.12. The summed E-state index contributed by atoms with van der Waals surface area (Å²) in [5, 5.41) is 2.83. The Morgan fingerprint density at radius 2 is 1.62 bits per heavy atom. The lowest BCUT2D eigenvalue weighted by atomic mass is 10.1. The summed E-state index contributed by atoms with van der Waals surface area (Å²) < 4.78 is 40.9. The van der Waals surface area contributed by atoms with E-state index in [1.54, 1.807) is 54.2 Å². The van der Waals surface area contributed by atoms with Crippen molar-refractivity contribution in [2.45, 2.75) is 30.9 Å². The molecule has 0 bridgehead atoms. The van der Waals surface area contributed by atoms with Crippen LogP contribution in [0.2, 0.25) is 0 Å². The van der Waals surface area contributed by atoms with Crippen LogP contribution in [0.25, 0.3) is 0 Å². The van der Waals surface area contributed by atoms with Gasteiger partial charge in [-0.2, -0.15) is 11.8 Å². The zero-order chi connectivity index (χ0) is 24.6. The van der Waals surface area contributed by atoms with E-state index < -0.39 is 10.0 Å². The average molecular weight is 501 g/mol. The highest BCUT2D eigenvalue weighted by atomic mass is 32.2. The number of hydrogen-bond acceptors (Lipinski definition) is 4. The fourth-order valence-corrected chi connectivity index (χ4v) is 5.84. The molecule has 0 unspecified atom stereocenters. The molecule has 5 nitrogen and oxygen atoms in total. The minimum Gasteiger partial charge on any atom is -0.354 e. The second-order valence-corrected chi connectivity index (χ2v) is 11.0. The number of anilines is 1. The molecule has 0 spiro atoms. The van der Waals surface area contributed by atoms with E-state index in [4.69, 9.17) is 0 Å². The van der Waals surface area contributed by atoms with Crippen LogP contribution >= 0.6 is 11.8 Å². The smallest absolute Gasteiger partial charge is 0.264 e. The molecule has 180 valence electrons. The molecule has 0 saturated heterocycles. The number of thioether (sulfide) groups is 1. The average Bonchev–Trinajstić information content (AvgIpc) is 2.80. The molecule has 3 rings (SSSR count). The maximum atomic E-state index is 13.4. The first-order chi connectivity index (χ1) is 16.3. The van der Waals surface area contributed by atoms with E-state index in [0.29, 0.717) is 12.2 Å². The fourth-order valence-electron chi connectivity index (χ4n) is 3.49. The van der Waals surface area contributed by atoms with Gasteiger partial charge >= 0.3 is 0 Å². The van der Waals surface area contributed by atoms with Gasteiger partial charge < -0.3 is 5.32 Å². The van der Waals surface area contributed by atoms with Gasteiger partial charge in [0.2, 0.25) is 5.91 Å². The number of sulfonamides is 1. The summed E-state index contributed by atoms with van der Waals surface area (Å²) in [6, 6.07) is 20.1. The minimum absolute atomic E-state index is 0.138. The molecule has 0 aliphatic rings. The van der Waals surface area contributed by atoms with E-state index in [0.717, 1.165) is 34.6 Å². The van der Waals surface area contributed by atoms with Crippen molar-refractivity contribution in [1.82, 2.24) is 5.32 Å². The number of nitrogens with one attached hydrogen (secondary N) is 1. The number of carbonyl (C=O) groups is 1. The maximum Gasteiger partial charge on any atom is 0.264 e. The molecule has 0 heterocycles. The van der Waals surface area contributed by atoms with Crippen molar-refractivity contribution in [3.63, 3.8) is 0 Å². The number of halogens is 1. The van der Waals surface area contributed by atoms with Gasteiger partial charge in [0.1, 0.15) is 12.4 Å². The standard InChI is InChI=1S/C26H29FN2O3S2/c1-20-15-21(2)17-24(16-20)29(34(31,32)25-7-4-3-5-8-25)18-26(30)28-13-6-14-33-19-22-9-11-23(27)12-10-22/h3-5,7-12,15-17H,6,13-14,18-19H2,1-2H3,(H,28,30). The molecule has 0 aliphatic heterocycles. The summed E-state index contributed by atoms with van der Waals surface area (Å²) in [5.41, 5.74) is 3.35. The molecule has 1 N–H and O–H groups in total. The fraction of sp³-hybridized carbons (Fsp3) is 0.269. The van der Waals surface area contributed by atoms with Gasteiger partial charge in [0.25, 0.3) is 10.0 Å². The normalized spacial score (nSPS) is 11.3. The predicted molar refractivity (Wildman–Crippen MR) is 137 cm³/mol. The van der Waals surface area contributed by atoms with Crippen LogP contribution in [0.4, 0.5) is 10.1 Å². The SMILES string of the molecule is Cc1cc(C)cc(N(CC(=O)NCCCSCc2ccc(F)cc2)S(=O)(=O)c2ccccc2)c1. The maximum absolute atomic E-state index is 13.4. The monoisotopic (exact) mass is 500 g/mol. The zero-order valence-electron chi connectivity index (χ0n) is 19.3. The number of rotatable bonds is 11. The molecule has 3 aromatic rings. The second kappa shape index (κ2) is 12.0. The summed E-state index contributed by atoms with van der Waals surface area (Å²) in [4.78, 5) is 12.8. The summed E-state index contributed by atoms with van der Waals surface area (Å²) in [6.45, 7) is 3.94. The Balaban J connectivity index is 1.60. The molecule has 8 heteroatoms. The molecule has 1 amide bonds. The Morgan fingerprint density at radius 1 is 0.971 bits per heavy atom. The van der Waals surface area contributed by atoms with Crippen LogP contribution in [0.15, 0.2) is 77.7 Å². The van der Waals surface area contributed by atoms with Crippen LogP contribution in [0.5, 0.6) is 0 Å². The molecule has 0 radical (unpaired) electrons. The second-order valence-electron chi connectivity index (χ2n) is 8.05. The molecule has 0 aliphatic carbocycles. The number of benzene rings is 3. The van der Waals surface area contributed by atoms with E-state index in [-0.39, 0.29) is 23.2 Å². The van der Waals surface area contributed by atoms with Crippen LogP contribution in [-0.4, -0.2) is 33.2 Å². The van der Waals surface area contributed by atoms with Crippen molar-refractivity contribution in [2.24, 2.45) is 0 Å². The van der Waals surface area contributed by atoms with Gasteiger partial charge in [-0.3, -0.25) is 9.10 Å². The molecule has 0 atom stereocenters. The van der Waals surface area contributed by atoms with Gasteiger partial charge in [-0.05, 0) is 79.1 Å². The van der Waals surface area contributed by atoms with E-state index >= 15 is 0 Å². The van der Waals surface area contributed by atoms with E-state index in [1.165, 1.54) is 28.6 Å². The molecule has 0 saturated carbocycles. The Bertz CT molecular complexity index is 1180. The Morgan fingerprint density at radius 3 is 2.26 bits per heavy atom. The number of carbonyl (C=O) groups excluding carboxylic acids is 1. The lowest BCUT2D eigenvalue weighted by Gasteiger charge is -2.25. The van der Waals surface area contributed by atoms with Crippen molar-refractivity contribution in [3.8, 4) is 0 Å². The van der Waals surface area contributed by atoms with Crippen LogP contribution in [-0.2, 0) is 20.6 Å². The highest BCUT2D eigenvalue weighted by Gasteiger charge is 2.27. The van der Waals surface area contributed by atoms with E-state index in [9.17, 15) is 17.6 Å². The molecular formula is C26H29FN2O3S2. The molecule has 34 heavy (non-hydrogen) atoms. The van der Waals surface area contributed by atoms with Crippen LogP contribution in [0, 0.1) is 19.7 Å². The number of nitrogens with zero attached hydrogens (tertiary/aromatic N) is 1. The van der Waals surface area contributed by atoms with E-state index in [1.807, 2.05) is 19.9 Å². The third-order valence-corrected chi connectivity index (χ3v) is 7.99. The van der Waals surface area contributed by atoms with Gasteiger partial charge in [0, 0.05) is 12.3 Å². The van der Waals surface area contributed by atoms with Gasteiger partial charge in [-0.1, -0.05) is 36.4 Å². The van der Waals surface area contributed by atoms with Crippen molar-refractivity contribution in [1.29, 1.82) is 0 Å². The van der Waals surface area contributed by atoms with Gasteiger partial charge in [0.15, 0.2) is 0 Å². The summed E-state index contributed by atoms with van der Waals surface area (Å²) in [7, 11) is -3.91. The first-order valence-electron chi connectivity index (χ1n) is 11.0. The van der Waals surface area contributed by atoms with Crippen LogP contribution in [0.3, 0.4) is 0 Å². The lowest BCUT2D eigenvalue weighted by molar-refractivity contribution is -0.119. The highest BCUT2D eigenvalue weighted by Crippen LogP contribution is 2.25. The Hall–Kier alpha value is -2.84. The van der Waals surface area contributed by atoms with Crippen molar-refractivity contribution < 1.29 is 17.6 Å². The summed E-state index contributed by atoms with van der Waals surface area (Å²) >= 11 is 1.70.